The van der Waals surface area contributed by atoms with Crippen LogP contribution in [0.5, 0.6) is 17.4 Å². The van der Waals surface area contributed by atoms with Crippen molar-refractivity contribution in [1.82, 2.24) is 14.5 Å². The second kappa shape index (κ2) is 7.50. The number of benzene rings is 1. The van der Waals surface area contributed by atoms with Crippen molar-refractivity contribution in [2.45, 2.75) is 20.1 Å². The Hall–Kier alpha value is -3.49. The van der Waals surface area contributed by atoms with Crippen LogP contribution in [0.15, 0.2) is 41.3 Å². The van der Waals surface area contributed by atoms with Crippen molar-refractivity contribution in [3.05, 3.63) is 69.9 Å². The Kier molecular flexibility index (Phi) is 4.87. The van der Waals surface area contributed by atoms with Gasteiger partial charge < -0.3 is 14.4 Å². The third-order valence-corrected chi connectivity index (χ3v) is 4.56. The van der Waals surface area contributed by atoms with Crippen LogP contribution in [0.25, 0.3) is 0 Å². The van der Waals surface area contributed by atoms with E-state index in [0.29, 0.717) is 18.9 Å². The first-order chi connectivity index (χ1) is 13.9. The van der Waals surface area contributed by atoms with Crippen molar-refractivity contribution in [2.75, 3.05) is 18.5 Å². The minimum atomic E-state index is -0.870. The van der Waals surface area contributed by atoms with E-state index in [9.17, 15) is 13.6 Å². The molecule has 0 aliphatic carbocycles. The number of likely N-dealkylation sites (N-methyl/N-ethyl adjacent to an activating group) is 1. The van der Waals surface area contributed by atoms with E-state index in [1.165, 1.54) is 10.8 Å². The van der Waals surface area contributed by atoms with Crippen LogP contribution >= 0.6 is 0 Å². The first kappa shape index (κ1) is 18.9. The third kappa shape index (κ3) is 3.89. The van der Waals surface area contributed by atoms with Gasteiger partial charge in [0.25, 0.3) is 0 Å². The van der Waals surface area contributed by atoms with E-state index in [2.05, 4.69) is 9.97 Å². The number of anilines is 1. The monoisotopic (exact) mass is 400 g/mol. The molecule has 29 heavy (non-hydrogen) atoms. The highest BCUT2D eigenvalue weighted by Crippen LogP contribution is 2.29. The maximum absolute atomic E-state index is 14.4. The normalized spacial score (nSPS) is 12.8. The van der Waals surface area contributed by atoms with E-state index in [-0.39, 0.29) is 23.8 Å². The molecule has 0 fully saturated rings. The first-order valence-electron chi connectivity index (χ1n) is 8.95. The molecule has 0 radical (unpaired) electrons. The minimum Gasteiger partial charge on any atom is -0.473 e. The molecule has 2 aromatic heterocycles. The smallest absolute Gasteiger partial charge is 0.352 e. The van der Waals surface area contributed by atoms with Crippen molar-refractivity contribution in [3.63, 3.8) is 0 Å². The summed E-state index contributed by atoms with van der Waals surface area (Å²) in [5.74, 6) is -1.24. The second-order valence-corrected chi connectivity index (χ2v) is 6.72. The molecule has 0 N–H and O–H groups in total. The van der Waals surface area contributed by atoms with Gasteiger partial charge in [0.2, 0.25) is 5.88 Å². The fraction of sp³-hybridized carbons (Fsp3) is 0.250. The molecule has 0 saturated carbocycles. The number of nitrogens with zero attached hydrogens (tertiary/aromatic N) is 4. The number of fused-ring (bicyclic) bond motifs is 1. The van der Waals surface area contributed by atoms with Crippen LogP contribution in [0.2, 0.25) is 0 Å². The van der Waals surface area contributed by atoms with Crippen molar-refractivity contribution < 1.29 is 18.3 Å². The molecular formula is C20H18F2N4O3. The molecule has 0 atom stereocenters. The third-order valence-electron chi connectivity index (χ3n) is 4.56. The maximum atomic E-state index is 14.4. The van der Waals surface area contributed by atoms with Crippen molar-refractivity contribution in [2.24, 2.45) is 0 Å². The second-order valence-electron chi connectivity index (χ2n) is 6.72. The fourth-order valence-corrected chi connectivity index (χ4v) is 3.02. The van der Waals surface area contributed by atoms with E-state index >= 15 is 0 Å². The minimum absolute atomic E-state index is 0.0990. The molecule has 3 aromatic rings. The van der Waals surface area contributed by atoms with Crippen LogP contribution in [-0.4, -0.2) is 28.1 Å². The predicted molar refractivity (Wildman–Crippen MR) is 102 cm³/mol. The molecule has 7 nitrogen and oxygen atoms in total. The summed E-state index contributed by atoms with van der Waals surface area (Å²) in [6.45, 7) is 2.91. The zero-order valence-electron chi connectivity index (χ0n) is 15.9. The SMILES string of the molecule is Cc1ccc(Oc2c(F)cc(COc3cc4n(c(=O)n3)CCN4C)cc2F)cn1. The average molecular weight is 400 g/mol. The van der Waals surface area contributed by atoms with E-state index in [1.54, 1.807) is 25.1 Å². The Labute approximate surface area is 165 Å². The Morgan fingerprint density at radius 1 is 1.14 bits per heavy atom. The van der Waals surface area contributed by atoms with Gasteiger partial charge in [0.05, 0.1) is 6.20 Å². The van der Waals surface area contributed by atoms with Gasteiger partial charge in [0.1, 0.15) is 18.2 Å². The van der Waals surface area contributed by atoms with Gasteiger partial charge >= 0.3 is 5.69 Å². The summed E-state index contributed by atoms with van der Waals surface area (Å²) in [5.41, 5.74) is 0.580. The molecular weight excluding hydrogens is 382 g/mol. The Morgan fingerprint density at radius 3 is 2.59 bits per heavy atom. The number of aryl methyl sites for hydroxylation is 1. The molecule has 0 saturated heterocycles. The molecule has 0 bridgehead atoms. The summed E-state index contributed by atoms with van der Waals surface area (Å²) in [7, 11) is 1.86. The van der Waals surface area contributed by atoms with Gasteiger partial charge in [-0.3, -0.25) is 9.55 Å². The van der Waals surface area contributed by atoms with E-state index in [4.69, 9.17) is 9.47 Å². The standard InChI is InChI=1S/C20H18F2N4O3/c1-12-3-4-14(10-23-12)29-19-15(21)7-13(8-16(19)22)11-28-17-9-18-25(2)5-6-26(18)20(27)24-17/h3-4,7-10H,5-6,11H2,1-2H3. The number of rotatable bonds is 5. The van der Waals surface area contributed by atoms with Crippen LogP contribution in [0.1, 0.15) is 11.3 Å². The summed E-state index contributed by atoms with van der Waals surface area (Å²) in [6, 6.07) is 7.12. The first-order valence-corrected chi connectivity index (χ1v) is 8.95. The van der Waals surface area contributed by atoms with E-state index < -0.39 is 23.1 Å². The summed E-state index contributed by atoms with van der Waals surface area (Å²) >= 11 is 0. The van der Waals surface area contributed by atoms with Gasteiger partial charge in [-0.05, 0) is 36.8 Å². The lowest BCUT2D eigenvalue weighted by molar-refractivity contribution is 0.289. The van der Waals surface area contributed by atoms with Gasteiger partial charge in [0, 0.05) is 31.9 Å². The summed E-state index contributed by atoms with van der Waals surface area (Å²) in [5, 5.41) is 0. The maximum Gasteiger partial charge on any atom is 0.352 e. The molecule has 0 spiro atoms. The number of halogens is 2. The molecule has 1 aromatic carbocycles. The van der Waals surface area contributed by atoms with Gasteiger partial charge in [-0.1, -0.05) is 0 Å². The zero-order valence-corrected chi connectivity index (χ0v) is 15.9. The number of aromatic nitrogens is 3. The molecule has 4 rings (SSSR count). The van der Waals surface area contributed by atoms with Crippen LogP contribution in [0.4, 0.5) is 14.6 Å². The topological polar surface area (TPSA) is 69.5 Å². The van der Waals surface area contributed by atoms with E-state index in [0.717, 1.165) is 17.8 Å². The highest BCUT2D eigenvalue weighted by Gasteiger charge is 2.19. The number of ether oxygens (including phenoxy) is 2. The van der Waals surface area contributed by atoms with E-state index in [1.807, 2.05) is 11.9 Å². The Morgan fingerprint density at radius 2 is 1.90 bits per heavy atom. The van der Waals surface area contributed by atoms with Gasteiger partial charge in [-0.15, -0.1) is 0 Å². The fourth-order valence-electron chi connectivity index (χ4n) is 3.02. The molecule has 3 heterocycles. The molecule has 9 heteroatoms. The summed E-state index contributed by atoms with van der Waals surface area (Å²) < 4.78 is 41.1. The molecule has 0 amide bonds. The van der Waals surface area contributed by atoms with Crippen LogP contribution < -0.4 is 20.1 Å². The average Bonchev–Trinajstić information content (AvgIpc) is 3.06. The quantitative estimate of drug-likeness (QED) is 0.656. The van der Waals surface area contributed by atoms with Gasteiger partial charge in [-0.25, -0.2) is 13.6 Å². The zero-order chi connectivity index (χ0) is 20.5. The molecule has 1 aliphatic rings. The lowest BCUT2D eigenvalue weighted by atomic mass is 10.2. The molecule has 0 unspecified atom stereocenters. The summed E-state index contributed by atoms with van der Waals surface area (Å²) in [4.78, 5) is 21.8. The number of pyridine rings is 1. The molecule has 150 valence electrons. The van der Waals surface area contributed by atoms with Crippen molar-refractivity contribution in [3.8, 4) is 17.4 Å². The highest BCUT2D eigenvalue weighted by atomic mass is 19.1. The van der Waals surface area contributed by atoms with Crippen LogP contribution in [0.3, 0.4) is 0 Å². The van der Waals surface area contributed by atoms with Gasteiger partial charge in [0.15, 0.2) is 17.4 Å². The largest absolute Gasteiger partial charge is 0.473 e. The van der Waals surface area contributed by atoms with Crippen LogP contribution in [0, 0.1) is 18.6 Å². The van der Waals surface area contributed by atoms with Crippen LogP contribution in [-0.2, 0) is 13.2 Å². The lowest BCUT2D eigenvalue weighted by Gasteiger charge is -2.13. The highest BCUT2D eigenvalue weighted by molar-refractivity contribution is 5.44. The van der Waals surface area contributed by atoms with Crippen molar-refractivity contribution >= 4 is 5.82 Å². The Bertz CT molecular complexity index is 1090. The number of hydrogen-bond acceptors (Lipinski definition) is 6. The Balaban J connectivity index is 1.50. The molecule has 1 aliphatic heterocycles. The predicted octanol–water partition coefficient (Wildman–Crippen LogP) is 3.05. The number of hydrogen-bond donors (Lipinski definition) is 0. The van der Waals surface area contributed by atoms with Crippen molar-refractivity contribution in [1.29, 1.82) is 0 Å². The lowest BCUT2D eigenvalue weighted by Crippen LogP contribution is -2.22. The summed E-state index contributed by atoms with van der Waals surface area (Å²) in [6.07, 6.45) is 1.39. The van der Waals surface area contributed by atoms with Gasteiger partial charge in [-0.2, -0.15) is 4.98 Å².